The number of likely N-dealkylation sites (tertiary alicyclic amines) is 1. The number of hydrogen-bond donors (Lipinski definition) is 1. The van der Waals surface area contributed by atoms with Crippen molar-refractivity contribution in [2.75, 3.05) is 18.8 Å². The molecule has 0 atom stereocenters. The van der Waals surface area contributed by atoms with E-state index in [-0.39, 0.29) is 12.2 Å². The topological polar surface area (TPSA) is 64.8 Å². The van der Waals surface area contributed by atoms with E-state index in [1.807, 2.05) is 20.8 Å². The maximum atomic E-state index is 12.0. The second-order valence-corrected chi connectivity index (χ2v) is 6.88. The average molecular weight is 327 g/mol. The number of amides is 1. The zero-order chi connectivity index (χ0) is 16.3. The number of nitrogens with two attached hydrogens (primary N) is 1. The molecule has 0 radical (unpaired) electrons. The van der Waals surface area contributed by atoms with Crippen molar-refractivity contribution >= 4 is 23.4 Å². The Morgan fingerprint density at radius 1 is 1.32 bits per heavy atom. The third-order valence-electron chi connectivity index (χ3n) is 3.36. The summed E-state index contributed by atoms with van der Waals surface area (Å²) in [6, 6.07) is 5.25. The lowest BCUT2D eigenvalue weighted by Crippen LogP contribution is -2.44. The lowest BCUT2D eigenvalue weighted by atomic mass is 10.1. The summed E-state index contributed by atoms with van der Waals surface area (Å²) in [7, 11) is 0. The molecule has 0 bridgehead atoms. The van der Waals surface area contributed by atoms with Crippen LogP contribution in [0.1, 0.15) is 33.6 Å². The summed E-state index contributed by atoms with van der Waals surface area (Å²) in [5.41, 5.74) is 5.80. The van der Waals surface area contributed by atoms with Crippen LogP contribution in [-0.4, -0.2) is 35.8 Å². The number of ether oxygens (including phenoxy) is 2. The van der Waals surface area contributed by atoms with Gasteiger partial charge in [0.05, 0.1) is 10.7 Å². The van der Waals surface area contributed by atoms with Gasteiger partial charge in [-0.1, -0.05) is 11.6 Å². The van der Waals surface area contributed by atoms with Crippen molar-refractivity contribution in [2.45, 2.75) is 45.3 Å². The van der Waals surface area contributed by atoms with Crippen LogP contribution < -0.4 is 10.5 Å². The molecule has 122 valence electrons. The second kappa shape index (κ2) is 6.65. The van der Waals surface area contributed by atoms with Gasteiger partial charge in [-0.25, -0.2) is 4.79 Å². The molecule has 1 aliphatic rings. The number of hydrogen-bond acceptors (Lipinski definition) is 4. The van der Waals surface area contributed by atoms with Crippen molar-refractivity contribution < 1.29 is 14.3 Å². The third kappa shape index (κ3) is 4.70. The van der Waals surface area contributed by atoms with E-state index in [0.717, 1.165) is 12.8 Å². The lowest BCUT2D eigenvalue weighted by Gasteiger charge is -2.33. The highest BCUT2D eigenvalue weighted by Gasteiger charge is 2.27. The van der Waals surface area contributed by atoms with Crippen LogP contribution in [0.3, 0.4) is 0 Å². The quantitative estimate of drug-likeness (QED) is 0.842. The summed E-state index contributed by atoms with van der Waals surface area (Å²) in [4.78, 5) is 13.7. The number of carbonyl (C=O) groups excluding carboxylic acids is 1. The average Bonchev–Trinajstić information content (AvgIpc) is 2.42. The molecule has 1 fully saturated rings. The molecule has 1 aromatic carbocycles. The van der Waals surface area contributed by atoms with Crippen molar-refractivity contribution in [3.63, 3.8) is 0 Å². The third-order valence-corrected chi connectivity index (χ3v) is 3.71. The Balaban J connectivity index is 1.84. The van der Waals surface area contributed by atoms with E-state index in [4.69, 9.17) is 26.8 Å². The second-order valence-electron chi connectivity index (χ2n) is 6.47. The van der Waals surface area contributed by atoms with Crippen LogP contribution in [0.4, 0.5) is 10.5 Å². The normalized spacial score (nSPS) is 16.5. The van der Waals surface area contributed by atoms with E-state index in [2.05, 4.69) is 0 Å². The number of nitrogens with zero attached hydrogens (tertiary/aromatic N) is 1. The van der Waals surface area contributed by atoms with Gasteiger partial charge in [0, 0.05) is 32.0 Å². The van der Waals surface area contributed by atoms with Gasteiger partial charge in [0.15, 0.2) is 0 Å². The van der Waals surface area contributed by atoms with Crippen LogP contribution >= 0.6 is 11.6 Å². The summed E-state index contributed by atoms with van der Waals surface area (Å²) in [5.74, 6) is 0.706. The number of anilines is 1. The van der Waals surface area contributed by atoms with Gasteiger partial charge in [0.2, 0.25) is 0 Å². The Labute approximate surface area is 136 Å². The number of rotatable bonds is 2. The number of nitrogen functional groups attached to an aromatic ring is 1. The van der Waals surface area contributed by atoms with Crippen LogP contribution in [0.2, 0.25) is 5.02 Å². The Bertz CT molecular complexity index is 535. The number of benzene rings is 1. The van der Waals surface area contributed by atoms with Gasteiger partial charge < -0.3 is 20.1 Å². The Morgan fingerprint density at radius 3 is 2.50 bits per heavy atom. The lowest BCUT2D eigenvalue weighted by molar-refractivity contribution is 0.0127. The Morgan fingerprint density at radius 2 is 1.95 bits per heavy atom. The van der Waals surface area contributed by atoms with Crippen LogP contribution in [0.25, 0.3) is 0 Å². The number of piperidine rings is 1. The van der Waals surface area contributed by atoms with Crippen LogP contribution in [-0.2, 0) is 4.74 Å². The van der Waals surface area contributed by atoms with Crippen molar-refractivity contribution in [3.8, 4) is 5.75 Å². The largest absolute Gasteiger partial charge is 0.490 e. The first kappa shape index (κ1) is 16.7. The van der Waals surface area contributed by atoms with Crippen molar-refractivity contribution in [1.82, 2.24) is 4.90 Å². The highest BCUT2D eigenvalue weighted by molar-refractivity contribution is 6.33. The predicted molar refractivity (Wildman–Crippen MR) is 87.3 cm³/mol. The molecule has 2 N–H and O–H groups in total. The first-order valence-corrected chi connectivity index (χ1v) is 7.82. The molecule has 1 amide bonds. The first-order chi connectivity index (χ1) is 10.2. The molecule has 1 heterocycles. The summed E-state index contributed by atoms with van der Waals surface area (Å²) < 4.78 is 11.3. The maximum absolute atomic E-state index is 12.0. The van der Waals surface area contributed by atoms with Crippen molar-refractivity contribution in [1.29, 1.82) is 0 Å². The van der Waals surface area contributed by atoms with Gasteiger partial charge in [0.1, 0.15) is 17.5 Å². The highest BCUT2D eigenvalue weighted by atomic mass is 35.5. The summed E-state index contributed by atoms with van der Waals surface area (Å²) >= 11 is 5.89. The first-order valence-electron chi connectivity index (χ1n) is 7.44. The maximum Gasteiger partial charge on any atom is 0.410 e. The molecule has 0 saturated carbocycles. The van der Waals surface area contributed by atoms with E-state index < -0.39 is 5.60 Å². The van der Waals surface area contributed by atoms with Gasteiger partial charge in [-0.2, -0.15) is 0 Å². The smallest absolute Gasteiger partial charge is 0.410 e. The molecule has 1 saturated heterocycles. The molecule has 0 spiro atoms. The van der Waals surface area contributed by atoms with E-state index in [0.29, 0.717) is 29.5 Å². The van der Waals surface area contributed by atoms with Gasteiger partial charge in [-0.3, -0.25) is 0 Å². The van der Waals surface area contributed by atoms with Crippen LogP contribution in [0, 0.1) is 0 Å². The minimum absolute atomic E-state index is 0.0688. The fourth-order valence-corrected chi connectivity index (χ4v) is 2.39. The fourth-order valence-electron chi connectivity index (χ4n) is 2.27. The van der Waals surface area contributed by atoms with E-state index in [1.165, 1.54) is 0 Å². The SMILES string of the molecule is CC(C)(C)OC(=O)N1CCC(Oc2ccc(Cl)c(N)c2)CC1. The Kier molecular flexibility index (Phi) is 5.06. The molecule has 1 aromatic rings. The molecule has 0 aromatic heterocycles. The predicted octanol–water partition coefficient (Wildman–Crippen LogP) is 3.70. The van der Waals surface area contributed by atoms with Crippen molar-refractivity contribution in [2.24, 2.45) is 0 Å². The molecule has 1 aliphatic heterocycles. The fraction of sp³-hybridized carbons (Fsp3) is 0.562. The summed E-state index contributed by atoms with van der Waals surface area (Å²) in [6.07, 6.45) is 1.34. The molecule has 6 heteroatoms. The van der Waals surface area contributed by atoms with Gasteiger partial charge >= 0.3 is 6.09 Å². The van der Waals surface area contributed by atoms with E-state index >= 15 is 0 Å². The van der Waals surface area contributed by atoms with E-state index in [9.17, 15) is 4.79 Å². The van der Waals surface area contributed by atoms with Crippen molar-refractivity contribution in [3.05, 3.63) is 23.2 Å². The molecule has 0 aliphatic carbocycles. The minimum atomic E-state index is -0.467. The summed E-state index contributed by atoms with van der Waals surface area (Å²) in [5, 5.41) is 0.520. The van der Waals surface area contributed by atoms with Crippen LogP contribution in [0.5, 0.6) is 5.75 Å². The summed E-state index contributed by atoms with van der Waals surface area (Å²) in [6.45, 7) is 6.86. The molecule has 2 rings (SSSR count). The van der Waals surface area contributed by atoms with Gasteiger partial charge in [-0.15, -0.1) is 0 Å². The minimum Gasteiger partial charge on any atom is -0.490 e. The highest BCUT2D eigenvalue weighted by Crippen LogP contribution is 2.26. The van der Waals surface area contributed by atoms with E-state index in [1.54, 1.807) is 23.1 Å². The Hall–Kier alpha value is -1.62. The molecule has 0 unspecified atom stereocenters. The monoisotopic (exact) mass is 326 g/mol. The molecular weight excluding hydrogens is 304 g/mol. The zero-order valence-electron chi connectivity index (χ0n) is 13.3. The molecule has 22 heavy (non-hydrogen) atoms. The van der Waals surface area contributed by atoms with Crippen LogP contribution in [0.15, 0.2) is 18.2 Å². The standard InChI is InChI=1S/C16H23ClN2O3/c1-16(2,3)22-15(20)19-8-6-11(7-9-19)21-12-4-5-13(17)14(18)10-12/h4-5,10-11H,6-9,18H2,1-3H3. The number of carbonyl (C=O) groups is 1. The van der Waals surface area contributed by atoms with Gasteiger partial charge in [0.25, 0.3) is 0 Å². The molecular formula is C16H23ClN2O3. The molecule has 5 nitrogen and oxygen atoms in total. The van der Waals surface area contributed by atoms with Gasteiger partial charge in [-0.05, 0) is 32.9 Å². The number of halogens is 1. The zero-order valence-corrected chi connectivity index (χ0v) is 14.0.